The Labute approximate surface area is 141 Å². The number of hydrogen-bond acceptors (Lipinski definition) is 6. The number of rotatable bonds is 7. The summed E-state index contributed by atoms with van der Waals surface area (Å²) in [5.74, 6) is 1.27. The molecule has 0 aliphatic heterocycles. The molecule has 1 aromatic carbocycles. The number of aromatic nitrogens is 2. The number of anilines is 1. The summed E-state index contributed by atoms with van der Waals surface area (Å²) in [6.45, 7) is 0. The van der Waals surface area contributed by atoms with Crippen LogP contribution in [0, 0.1) is 0 Å². The Morgan fingerprint density at radius 1 is 1.32 bits per heavy atom. The lowest BCUT2D eigenvalue weighted by Crippen LogP contribution is -2.30. The molecule has 0 saturated carbocycles. The van der Waals surface area contributed by atoms with Gasteiger partial charge in [-0.25, -0.2) is 4.98 Å². The Balaban J connectivity index is 1.70. The Morgan fingerprint density at radius 3 is 2.82 bits per heavy atom. The summed E-state index contributed by atoms with van der Waals surface area (Å²) in [5.41, 5.74) is 5.21. The number of carbonyl (C=O) groups excluding carboxylic acids is 1. The van der Waals surface area contributed by atoms with Crippen LogP contribution in [0.4, 0.5) is 5.95 Å². The van der Waals surface area contributed by atoms with Crippen LogP contribution in [0.25, 0.3) is 0 Å². The van der Waals surface area contributed by atoms with Crippen LogP contribution in [0.1, 0.15) is 6.42 Å². The first kappa shape index (κ1) is 16.6. The number of ether oxygens (including phenoxy) is 1. The summed E-state index contributed by atoms with van der Waals surface area (Å²) < 4.78 is 6.01. The molecule has 1 heterocycles. The minimum Gasteiger partial charge on any atom is -0.481 e. The van der Waals surface area contributed by atoms with E-state index in [1.807, 2.05) is 24.3 Å². The van der Waals surface area contributed by atoms with Gasteiger partial charge < -0.3 is 4.74 Å². The number of hydrazine groups is 1. The molecule has 0 fully saturated rings. The molecule has 8 heteroatoms. The highest BCUT2D eigenvalue weighted by Crippen LogP contribution is 2.21. The number of methoxy groups -OCH3 is 1. The van der Waals surface area contributed by atoms with Crippen LogP contribution in [0.15, 0.2) is 45.9 Å². The molecule has 22 heavy (non-hydrogen) atoms. The van der Waals surface area contributed by atoms with Crippen LogP contribution in [0.3, 0.4) is 0 Å². The SMILES string of the molecule is COc1ccnc(NNC(=O)CCSc2ccc(Br)cc2)n1. The molecular weight excluding hydrogens is 368 g/mol. The number of amides is 1. The molecule has 0 aliphatic carbocycles. The topological polar surface area (TPSA) is 76.1 Å². The molecule has 1 amide bonds. The van der Waals surface area contributed by atoms with Gasteiger partial charge in [-0.15, -0.1) is 11.8 Å². The van der Waals surface area contributed by atoms with Gasteiger partial charge >= 0.3 is 0 Å². The smallest absolute Gasteiger partial charge is 0.245 e. The van der Waals surface area contributed by atoms with Gasteiger partial charge in [0.25, 0.3) is 0 Å². The first-order valence-electron chi connectivity index (χ1n) is 6.47. The summed E-state index contributed by atoms with van der Waals surface area (Å²) in [5, 5.41) is 0. The maximum atomic E-state index is 11.7. The molecule has 0 bridgehead atoms. The maximum absolute atomic E-state index is 11.7. The molecule has 2 N–H and O–H groups in total. The second-order valence-corrected chi connectivity index (χ2v) is 6.23. The maximum Gasteiger partial charge on any atom is 0.245 e. The fourth-order valence-electron chi connectivity index (χ4n) is 1.50. The largest absolute Gasteiger partial charge is 0.481 e. The predicted molar refractivity (Wildman–Crippen MR) is 89.8 cm³/mol. The van der Waals surface area contributed by atoms with Crippen molar-refractivity contribution in [2.75, 3.05) is 18.3 Å². The van der Waals surface area contributed by atoms with Crippen molar-refractivity contribution >= 4 is 39.5 Å². The lowest BCUT2D eigenvalue weighted by Gasteiger charge is -2.07. The molecule has 0 saturated heterocycles. The van der Waals surface area contributed by atoms with Gasteiger partial charge in [-0.05, 0) is 24.3 Å². The van der Waals surface area contributed by atoms with Gasteiger partial charge in [-0.3, -0.25) is 15.6 Å². The fourth-order valence-corrected chi connectivity index (χ4v) is 2.61. The minimum atomic E-state index is -0.129. The van der Waals surface area contributed by atoms with Crippen molar-refractivity contribution in [1.82, 2.24) is 15.4 Å². The lowest BCUT2D eigenvalue weighted by atomic mass is 10.4. The summed E-state index contributed by atoms with van der Waals surface area (Å²) in [4.78, 5) is 20.9. The van der Waals surface area contributed by atoms with Gasteiger partial charge in [0.2, 0.25) is 17.7 Å². The quantitative estimate of drug-likeness (QED) is 0.566. The number of nitrogens with zero attached hydrogens (tertiary/aromatic N) is 2. The molecule has 2 aromatic rings. The normalized spacial score (nSPS) is 10.1. The van der Waals surface area contributed by atoms with Gasteiger partial charge in [0.1, 0.15) is 0 Å². The van der Waals surface area contributed by atoms with Crippen LogP contribution >= 0.6 is 27.7 Å². The molecule has 0 atom stereocenters. The third kappa shape index (κ3) is 5.53. The summed E-state index contributed by atoms with van der Waals surface area (Å²) >= 11 is 5.01. The molecule has 0 radical (unpaired) electrons. The molecule has 2 rings (SSSR count). The van der Waals surface area contributed by atoms with Gasteiger partial charge in [-0.1, -0.05) is 15.9 Å². The third-order valence-electron chi connectivity index (χ3n) is 2.56. The Kier molecular flexibility index (Phi) is 6.47. The van der Waals surface area contributed by atoms with Crippen LogP contribution in [0.5, 0.6) is 5.88 Å². The highest BCUT2D eigenvalue weighted by atomic mass is 79.9. The minimum absolute atomic E-state index is 0.129. The van der Waals surface area contributed by atoms with E-state index < -0.39 is 0 Å². The number of hydrogen-bond donors (Lipinski definition) is 2. The highest BCUT2D eigenvalue weighted by Gasteiger charge is 2.04. The van der Waals surface area contributed by atoms with Crippen molar-refractivity contribution in [1.29, 1.82) is 0 Å². The number of benzene rings is 1. The predicted octanol–water partition coefficient (Wildman–Crippen LogP) is 2.87. The first-order valence-corrected chi connectivity index (χ1v) is 8.25. The zero-order valence-electron chi connectivity index (χ0n) is 11.9. The van der Waals surface area contributed by atoms with E-state index in [1.54, 1.807) is 24.0 Å². The van der Waals surface area contributed by atoms with Crippen LogP contribution in [0.2, 0.25) is 0 Å². The summed E-state index contributed by atoms with van der Waals surface area (Å²) in [7, 11) is 1.52. The van der Waals surface area contributed by atoms with Crippen LogP contribution in [-0.2, 0) is 4.79 Å². The van der Waals surface area contributed by atoms with Crippen molar-refractivity contribution in [2.24, 2.45) is 0 Å². The molecule has 6 nitrogen and oxygen atoms in total. The number of nitrogens with one attached hydrogen (secondary N) is 2. The van der Waals surface area contributed by atoms with Gasteiger partial charge in [0.05, 0.1) is 7.11 Å². The van der Waals surface area contributed by atoms with E-state index in [0.717, 1.165) is 9.37 Å². The van der Waals surface area contributed by atoms with E-state index >= 15 is 0 Å². The molecule has 1 aromatic heterocycles. The van der Waals surface area contributed by atoms with Crippen molar-refractivity contribution < 1.29 is 9.53 Å². The van der Waals surface area contributed by atoms with Gasteiger partial charge in [-0.2, -0.15) is 4.98 Å². The summed E-state index contributed by atoms with van der Waals surface area (Å²) in [6.07, 6.45) is 1.93. The van der Waals surface area contributed by atoms with Crippen molar-refractivity contribution in [3.63, 3.8) is 0 Å². The average molecular weight is 383 g/mol. The zero-order chi connectivity index (χ0) is 15.8. The fraction of sp³-hybridized carbons (Fsp3) is 0.214. The molecule has 0 spiro atoms. The van der Waals surface area contributed by atoms with E-state index in [0.29, 0.717) is 18.1 Å². The number of carbonyl (C=O) groups is 1. The second-order valence-electron chi connectivity index (χ2n) is 4.15. The van der Waals surface area contributed by atoms with E-state index in [9.17, 15) is 4.79 Å². The standard InChI is InChI=1S/C14H15BrN4O2S/c1-21-13-6-8-16-14(17-13)19-18-12(20)7-9-22-11-4-2-10(15)3-5-11/h2-6,8H,7,9H2,1H3,(H,18,20)(H,16,17,19). The Hall–Kier alpha value is -1.80. The van der Waals surface area contributed by atoms with E-state index in [4.69, 9.17) is 4.74 Å². The van der Waals surface area contributed by atoms with Crippen molar-refractivity contribution in [2.45, 2.75) is 11.3 Å². The Morgan fingerprint density at radius 2 is 2.09 bits per heavy atom. The number of halogens is 1. The van der Waals surface area contributed by atoms with Crippen LogP contribution < -0.4 is 15.6 Å². The van der Waals surface area contributed by atoms with Crippen molar-refractivity contribution in [3.05, 3.63) is 41.0 Å². The van der Waals surface area contributed by atoms with Crippen LogP contribution in [-0.4, -0.2) is 28.7 Å². The number of thioether (sulfide) groups is 1. The lowest BCUT2D eigenvalue weighted by molar-refractivity contribution is -0.120. The second kappa shape index (κ2) is 8.60. The van der Waals surface area contributed by atoms with Gasteiger partial charge in [0.15, 0.2) is 0 Å². The molecular formula is C14H15BrN4O2S. The van der Waals surface area contributed by atoms with E-state index in [1.165, 1.54) is 7.11 Å². The van der Waals surface area contributed by atoms with Gasteiger partial charge in [0, 0.05) is 33.8 Å². The highest BCUT2D eigenvalue weighted by molar-refractivity contribution is 9.10. The monoisotopic (exact) mass is 382 g/mol. The molecule has 0 aliphatic rings. The molecule has 0 unspecified atom stereocenters. The Bertz CT molecular complexity index is 624. The third-order valence-corrected chi connectivity index (χ3v) is 4.11. The van der Waals surface area contributed by atoms with Crippen molar-refractivity contribution in [3.8, 4) is 5.88 Å². The summed E-state index contributed by atoms with van der Waals surface area (Å²) in [6, 6.07) is 9.60. The van der Waals surface area contributed by atoms with E-state index in [-0.39, 0.29) is 11.9 Å². The average Bonchev–Trinajstić information content (AvgIpc) is 2.55. The molecule has 116 valence electrons. The first-order chi connectivity index (χ1) is 10.7. The van der Waals surface area contributed by atoms with E-state index in [2.05, 4.69) is 36.7 Å². The zero-order valence-corrected chi connectivity index (χ0v) is 14.3.